The number of hydrogen-bond acceptors (Lipinski definition) is 2. The van der Waals surface area contributed by atoms with Gasteiger partial charge in [-0.05, 0) is 25.5 Å². The molecule has 28 heavy (non-hydrogen) atoms. The quantitative estimate of drug-likeness (QED) is 0.295. The van der Waals surface area contributed by atoms with Crippen molar-refractivity contribution in [3.05, 3.63) is 36.0 Å². The molecule has 2 rings (SSSR count). The molecular weight excluding hydrogens is 340 g/mol. The van der Waals surface area contributed by atoms with Crippen LogP contribution in [0, 0.1) is 6.92 Å². The molecular formula is C26H42N2. The minimum absolute atomic E-state index is 1.06. The summed E-state index contributed by atoms with van der Waals surface area (Å²) in [6.45, 7) is 5.43. The number of pyridine rings is 1. The fourth-order valence-corrected chi connectivity index (χ4v) is 4.00. The molecule has 0 bridgehead atoms. The van der Waals surface area contributed by atoms with Gasteiger partial charge in [-0.2, -0.15) is 0 Å². The molecule has 0 unspecified atom stereocenters. The molecule has 2 nitrogen and oxygen atoms in total. The molecule has 0 amide bonds. The van der Waals surface area contributed by atoms with E-state index in [1.54, 1.807) is 0 Å². The van der Waals surface area contributed by atoms with Gasteiger partial charge in [-0.15, -0.1) is 0 Å². The number of nitrogens with zero attached hydrogens (tertiary/aromatic N) is 1. The van der Waals surface area contributed by atoms with Gasteiger partial charge in [0.1, 0.15) is 0 Å². The number of unbranched alkanes of at least 4 members (excludes halogenated alkanes) is 13. The number of aryl methyl sites for hydroxylation is 1. The maximum atomic E-state index is 4.62. The van der Waals surface area contributed by atoms with Gasteiger partial charge < -0.3 is 5.32 Å². The monoisotopic (exact) mass is 382 g/mol. The Morgan fingerprint density at radius 2 is 1.25 bits per heavy atom. The van der Waals surface area contributed by atoms with Gasteiger partial charge in [0.05, 0.1) is 5.52 Å². The third kappa shape index (κ3) is 9.08. The number of nitrogens with one attached hydrogen (secondary N) is 1. The van der Waals surface area contributed by atoms with Gasteiger partial charge in [0, 0.05) is 23.3 Å². The van der Waals surface area contributed by atoms with Gasteiger partial charge in [-0.3, -0.25) is 4.98 Å². The molecule has 0 radical (unpaired) electrons. The zero-order chi connectivity index (χ0) is 19.9. The highest BCUT2D eigenvalue weighted by atomic mass is 14.9. The first-order valence-electron chi connectivity index (χ1n) is 11.9. The Labute approximate surface area is 173 Å². The first kappa shape index (κ1) is 22.7. The standard InChI is InChI=1S/C26H42N2/c1-3-4-5-6-7-8-9-10-11-12-13-14-15-18-21-27-26-22-23(2)28-25-20-17-16-19-24(25)26/h16-17,19-20,22H,3-15,18,21H2,1-2H3,(H,27,28). The van der Waals surface area contributed by atoms with Crippen molar-refractivity contribution in [1.29, 1.82) is 0 Å². The number of aromatic nitrogens is 1. The molecule has 0 aliphatic rings. The third-order valence-electron chi connectivity index (χ3n) is 5.69. The van der Waals surface area contributed by atoms with Crippen LogP contribution in [0.5, 0.6) is 0 Å². The van der Waals surface area contributed by atoms with Crippen LogP contribution < -0.4 is 5.32 Å². The van der Waals surface area contributed by atoms with E-state index in [2.05, 4.69) is 54.5 Å². The van der Waals surface area contributed by atoms with Crippen molar-refractivity contribution in [1.82, 2.24) is 4.98 Å². The van der Waals surface area contributed by atoms with Crippen molar-refractivity contribution in [2.75, 3.05) is 11.9 Å². The van der Waals surface area contributed by atoms with E-state index in [4.69, 9.17) is 0 Å². The first-order valence-corrected chi connectivity index (χ1v) is 11.9. The molecule has 0 aliphatic heterocycles. The predicted molar refractivity (Wildman–Crippen MR) is 125 cm³/mol. The van der Waals surface area contributed by atoms with E-state index in [9.17, 15) is 0 Å². The zero-order valence-electron chi connectivity index (χ0n) is 18.4. The van der Waals surface area contributed by atoms with E-state index < -0.39 is 0 Å². The molecule has 2 heteroatoms. The van der Waals surface area contributed by atoms with Crippen LogP contribution in [0.2, 0.25) is 0 Å². The SMILES string of the molecule is CCCCCCCCCCCCCCCCNc1cc(C)nc2ccccc12. The minimum Gasteiger partial charge on any atom is -0.384 e. The normalized spacial score (nSPS) is 11.2. The lowest BCUT2D eigenvalue weighted by Gasteiger charge is -2.10. The van der Waals surface area contributed by atoms with Crippen molar-refractivity contribution < 1.29 is 0 Å². The minimum atomic E-state index is 1.06. The van der Waals surface area contributed by atoms with Gasteiger partial charge in [0.2, 0.25) is 0 Å². The van der Waals surface area contributed by atoms with Crippen LogP contribution in [0.3, 0.4) is 0 Å². The maximum absolute atomic E-state index is 4.62. The van der Waals surface area contributed by atoms with E-state index >= 15 is 0 Å². The maximum Gasteiger partial charge on any atom is 0.0725 e. The molecule has 1 aromatic heterocycles. The van der Waals surface area contributed by atoms with Crippen LogP contribution in [0.4, 0.5) is 5.69 Å². The summed E-state index contributed by atoms with van der Waals surface area (Å²) >= 11 is 0. The highest BCUT2D eigenvalue weighted by molar-refractivity contribution is 5.91. The lowest BCUT2D eigenvalue weighted by molar-refractivity contribution is 0.537. The molecule has 0 saturated carbocycles. The summed E-state index contributed by atoms with van der Waals surface area (Å²) in [6, 6.07) is 10.6. The Hall–Kier alpha value is -1.57. The van der Waals surface area contributed by atoms with Gasteiger partial charge >= 0.3 is 0 Å². The summed E-state index contributed by atoms with van der Waals surface area (Å²) in [7, 11) is 0. The van der Waals surface area contributed by atoms with Crippen LogP contribution in [0.25, 0.3) is 10.9 Å². The molecule has 156 valence electrons. The van der Waals surface area contributed by atoms with E-state index in [0.717, 1.165) is 17.8 Å². The summed E-state index contributed by atoms with van der Waals surface area (Å²) in [4.78, 5) is 4.62. The highest BCUT2D eigenvalue weighted by Crippen LogP contribution is 2.23. The molecule has 2 aromatic rings. The lowest BCUT2D eigenvalue weighted by atomic mass is 10.0. The Kier molecular flexibility index (Phi) is 11.7. The zero-order valence-corrected chi connectivity index (χ0v) is 18.4. The number of anilines is 1. The molecule has 1 aromatic carbocycles. The van der Waals surface area contributed by atoms with Crippen molar-refractivity contribution in [2.24, 2.45) is 0 Å². The van der Waals surface area contributed by atoms with Crippen LogP contribution >= 0.6 is 0 Å². The second kappa shape index (κ2) is 14.4. The fraction of sp³-hybridized carbons (Fsp3) is 0.654. The molecule has 1 heterocycles. The Morgan fingerprint density at radius 1 is 0.714 bits per heavy atom. The summed E-state index contributed by atoms with van der Waals surface area (Å²) in [5.41, 5.74) is 3.41. The van der Waals surface area contributed by atoms with Crippen LogP contribution in [-0.2, 0) is 0 Å². The topological polar surface area (TPSA) is 24.9 Å². The third-order valence-corrected chi connectivity index (χ3v) is 5.69. The Morgan fingerprint density at radius 3 is 1.86 bits per heavy atom. The molecule has 0 fully saturated rings. The predicted octanol–water partition coefficient (Wildman–Crippen LogP) is 8.44. The van der Waals surface area contributed by atoms with Crippen molar-refractivity contribution >= 4 is 16.6 Å². The van der Waals surface area contributed by atoms with Crippen molar-refractivity contribution in [3.63, 3.8) is 0 Å². The lowest BCUT2D eigenvalue weighted by Crippen LogP contribution is -2.03. The number of benzene rings is 1. The van der Waals surface area contributed by atoms with E-state index in [1.807, 2.05) is 0 Å². The highest BCUT2D eigenvalue weighted by Gasteiger charge is 2.02. The second-order valence-corrected chi connectivity index (χ2v) is 8.35. The second-order valence-electron chi connectivity index (χ2n) is 8.35. The van der Waals surface area contributed by atoms with E-state index in [1.165, 1.54) is 101 Å². The average molecular weight is 383 g/mol. The first-order chi connectivity index (χ1) is 13.8. The summed E-state index contributed by atoms with van der Waals surface area (Å²) in [6.07, 6.45) is 19.8. The number of fused-ring (bicyclic) bond motifs is 1. The number of hydrogen-bond donors (Lipinski definition) is 1. The van der Waals surface area contributed by atoms with Gasteiger partial charge in [-0.25, -0.2) is 0 Å². The molecule has 0 spiro atoms. The van der Waals surface area contributed by atoms with Gasteiger partial charge in [0.25, 0.3) is 0 Å². The van der Waals surface area contributed by atoms with Crippen LogP contribution in [0.15, 0.2) is 30.3 Å². The Balaban J connectivity index is 1.44. The summed E-state index contributed by atoms with van der Waals surface area (Å²) < 4.78 is 0. The van der Waals surface area contributed by atoms with Crippen molar-refractivity contribution in [2.45, 2.75) is 104 Å². The average Bonchev–Trinajstić information content (AvgIpc) is 2.70. The van der Waals surface area contributed by atoms with E-state index in [-0.39, 0.29) is 0 Å². The number of para-hydroxylation sites is 1. The van der Waals surface area contributed by atoms with Crippen LogP contribution in [-0.4, -0.2) is 11.5 Å². The van der Waals surface area contributed by atoms with Crippen molar-refractivity contribution in [3.8, 4) is 0 Å². The summed E-state index contributed by atoms with van der Waals surface area (Å²) in [5, 5.41) is 4.87. The van der Waals surface area contributed by atoms with Crippen LogP contribution in [0.1, 0.15) is 103 Å². The smallest absolute Gasteiger partial charge is 0.0725 e. The van der Waals surface area contributed by atoms with E-state index in [0.29, 0.717) is 0 Å². The Bertz CT molecular complexity index is 650. The molecule has 0 saturated heterocycles. The summed E-state index contributed by atoms with van der Waals surface area (Å²) in [5.74, 6) is 0. The molecule has 0 atom stereocenters. The number of rotatable bonds is 16. The molecule has 1 N–H and O–H groups in total. The molecule has 0 aliphatic carbocycles. The van der Waals surface area contributed by atoms with Gasteiger partial charge in [0.15, 0.2) is 0 Å². The largest absolute Gasteiger partial charge is 0.384 e. The fourth-order valence-electron chi connectivity index (χ4n) is 4.00. The van der Waals surface area contributed by atoms with Gasteiger partial charge in [-0.1, -0.05) is 109 Å².